The molecule has 0 aliphatic rings. The highest BCUT2D eigenvalue weighted by Gasteiger charge is 2.12. The van der Waals surface area contributed by atoms with Crippen LogP contribution in [0.25, 0.3) is 0 Å². The van der Waals surface area contributed by atoms with Gasteiger partial charge in [-0.2, -0.15) is 0 Å². The molecule has 18 heavy (non-hydrogen) atoms. The molecule has 4 nitrogen and oxygen atoms in total. The van der Waals surface area contributed by atoms with E-state index in [1.54, 1.807) is 30.3 Å². The predicted octanol–water partition coefficient (Wildman–Crippen LogP) is 3.22. The number of nitrogens with zero attached hydrogens (tertiary/aromatic N) is 1. The van der Waals surface area contributed by atoms with E-state index in [4.69, 9.17) is 28.9 Å². The number of hydrogen-bond acceptors (Lipinski definition) is 3. The molecule has 1 aromatic heterocycles. The van der Waals surface area contributed by atoms with E-state index >= 15 is 0 Å². The normalized spacial score (nSPS) is 10.1. The Bertz CT molecular complexity index is 584. The first-order chi connectivity index (χ1) is 8.58. The molecule has 6 heteroatoms. The topological polar surface area (TPSA) is 68.0 Å². The molecule has 1 amide bonds. The summed E-state index contributed by atoms with van der Waals surface area (Å²) in [6, 6.07) is 8.10. The molecule has 0 spiro atoms. The van der Waals surface area contributed by atoms with Crippen LogP contribution in [0, 0.1) is 0 Å². The standard InChI is InChI=1S/C12H9Cl2N3O/c13-7-4-5-10(16-6-7)17-12(18)8-2-1-3-9(15)11(8)14/h1-6H,15H2,(H,16,17,18). The van der Waals surface area contributed by atoms with Gasteiger partial charge in [-0.3, -0.25) is 4.79 Å². The molecule has 0 fully saturated rings. The number of amides is 1. The third-order valence-corrected chi connectivity index (χ3v) is 2.89. The average molecular weight is 282 g/mol. The molecular weight excluding hydrogens is 273 g/mol. The number of nitrogen functional groups attached to an aromatic ring is 1. The zero-order valence-corrected chi connectivity index (χ0v) is 10.7. The molecule has 0 aliphatic heterocycles. The Morgan fingerprint density at radius 2 is 2.00 bits per heavy atom. The van der Waals surface area contributed by atoms with Gasteiger partial charge in [0.1, 0.15) is 5.82 Å². The first-order valence-electron chi connectivity index (χ1n) is 5.05. The Hall–Kier alpha value is -1.78. The monoisotopic (exact) mass is 281 g/mol. The number of halogens is 2. The molecule has 0 atom stereocenters. The molecule has 1 heterocycles. The van der Waals surface area contributed by atoms with Gasteiger partial charge in [-0.1, -0.05) is 29.3 Å². The number of carbonyl (C=O) groups is 1. The van der Waals surface area contributed by atoms with Gasteiger partial charge in [0.25, 0.3) is 5.91 Å². The van der Waals surface area contributed by atoms with Crippen molar-refractivity contribution in [2.75, 3.05) is 11.1 Å². The molecule has 92 valence electrons. The second-order valence-corrected chi connectivity index (χ2v) is 4.34. The number of nitrogens with two attached hydrogens (primary N) is 1. The molecular formula is C12H9Cl2N3O. The van der Waals surface area contributed by atoms with Crippen molar-refractivity contribution in [3.63, 3.8) is 0 Å². The van der Waals surface area contributed by atoms with Crippen LogP contribution < -0.4 is 11.1 Å². The van der Waals surface area contributed by atoms with E-state index in [0.717, 1.165) is 0 Å². The summed E-state index contributed by atoms with van der Waals surface area (Å²) in [4.78, 5) is 15.9. The number of hydrogen-bond donors (Lipinski definition) is 2. The number of aromatic nitrogens is 1. The maximum Gasteiger partial charge on any atom is 0.258 e. The van der Waals surface area contributed by atoms with Gasteiger partial charge in [-0.25, -0.2) is 4.98 Å². The van der Waals surface area contributed by atoms with Crippen LogP contribution in [0.2, 0.25) is 10.0 Å². The van der Waals surface area contributed by atoms with Gasteiger partial charge < -0.3 is 11.1 Å². The first kappa shape index (κ1) is 12.7. The Balaban J connectivity index is 2.22. The van der Waals surface area contributed by atoms with E-state index in [0.29, 0.717) is 22.1 Å². The summed E-state index contributed by atoms with van der Waals surface area (Å²) < 4.78 is 0. The molecule has 1 aromatic carbocycles. The van der Waals surface area contributed by atoms with Crippen molar-refractivity contribution < 1.29 is 4.79 Å². The Morgan fingerprint density at radius 1 is 1.22 bits per heavy atom. The van der Waals surface area contributed by atoms with E-state index in [1.165, 1.54) is 6.20 Å². The highest BCUT2D eigenvalue weighted by molar-refractivity contribution is 6.36. The number of anilines is 2. The summed E-state index contributed by atoms with van der Waals surface area (Å²) in [6.45, 7) is 0. The van der Waals surface area contributed by atoms with E-state index in [2.05, 4.69) is 10.3 Å². The highest BCUT2D eigenvalue weighted by atomic mass is 35.5. The van der Waals surface area contributed by atoms with Gasteiger partial charge in [-0.05, 0) is 24.3 Å². The zero-order valence-electron chi connectivity index (χ0n) is 9.15. The van der Waals surface area contributed by atoms with Crippen LogP contribution in [0.15, 0.2) is 36.5 Å². The van der Waals surface area contributed by atoms with Crippen LogP contribution in [-0.2, 0) is 0 Å². The maximum absolute atomic E-state index is 11.9. The highest BCUT2D eigenvalue weighted by Crippen LogP contribution is 2.23. The van der Waals surface area contributed by atoms with Crippen molar-refractivity contribution in [3.05, 3.63) is 52.1 Å². The van der Waals surface area contributed by atoms with Gasteiger partial charge >= 0.3 is 0 Å². The molecule has 2 aromatic rings. The van der Waals surface area contributed by atoms with Crippen LogP contribution in [0.5, 0.6) is 0 Å². The Kier molecular flexibility index (Phi) is 3.69. The Morgan fingerprint density at radius 3 is 2.67 bits per heavy atom. The van der Waals surface area contributed by atoms with Gasteiger partial charge in [0.15, 0.2) is 0 Å². The summed E-state index contributed by atoms with van der Waals surface area (Å²) in [7, 11) is 0. The number of carbonyl (C=O) groups excluding carboxylic acids is 1. The van der Waals surface area contributed by atoms with Crippen LogP contribution in [0.1, 0.15) is 10.4 Å². The van der Waals surface area contributed by atoms with Crippen molar-refractivity contribution in [1.82, 2.24) is 4.98 Å². The van der Waals surface area contributed by atoms with Gasteiger partial charge in [0.05, 0.1) is 21.3 Å². The second kappa shape index (κ2) is 5.25. The lowest BCUT2D eigenvalue weighted by Crippen LogP contribution is -2.13. The maximum atomic E-state index is 11.9. The third-order valence-electron chi connectivity index (χ3n) is 2.24. The molecule has 0 aliphatic carbocycles. The summed E-state index contributed by atoms with van der Waals surface area (Å²) in [6.07, 6.45) is 1.44. The molecule has 0 unspecified atom stereocenters. The number of rotatable bonds is 2. The smallest absolute Gasteiger partial charge is 0.258 e. The lowest BCUT2D eigenvalue weighted by atomic mass is 10.2. The van der Waals surface area contributed by atoms with Crippen molar-refractivity contribution in [3.8, 4) is 0 Å². The van der Waals surface area contributed by atoms with Crippen molar-refractivity contribution >= 4 is 40.6 Å². The van der Waals surface area contributed by atoms with Crippen molar-refractivity contribution in [1.29, 1.82) is 0 Å². The number of pyridine rings is 1. The average Bonchev–Trinajstić information content (AvgIpc) is 2.35. The fourth-order valence-corrected chi connectivity index (χ4v) is 1.68. The van der Waals surface area contributed by atoms with E-state index < -0.39 is 0 Å². The minimum atomic E-state index is -0.373. The molecule has 0 radical (unpaired) electrons. The van der Waals surface area contributed by atoms with Gasteiger partial charge in [0.2, 0.25) is 0 Å². The van der Waals surface area contributed by atoms with Crippen LogP contribution in [-0.4, -0.2) is 10.9 Å². The minimum absolute atomic E-state index is 0.226. The van der Waals surface area contributed by atoms with Gasteiger partial charge in [-0.15, -0.1) is 0 Å². The number of benzene rings is 1. The SMILES string of the molecule is Nc1cccc(C(=O)Nc2ccc(Cl)cn2)c1Cl. The van der Waals surface area contributed by atoms with Crippen molar-refractivity contribution in [2.45, 2.75) is 0 Å². The molecule has 0 bridgehead atoms. The zero-order chi connectivity index (χ0) is 13.1. The number of nitrogens with one attached hydrogen (secondary N) is 1. The predicted molar refractivity (Wildman–Crippen MR) is 73.1 cm³/mol. The lowest BCUT2D eigenvalue weighted by molar-refractivity contribution is 0.102. The third kappa shape index (κ3) is 2.72. The second-order valence-electron chi connectivity index (χ2n) is 3.52. The van der Waals surface area contributed by atoms with E-state index in [-0.39, 0.29) is 10.9 Å². The van der Waals surface area contributed by atoms with E-state index in [9.17, 15) is 4.79 Å². The van der Waals surface area contributed by atoms with Gasteiger partial charge in [0, 0.05) is 6.20 Å². The fourth-order valence-electron chi connectivity index (χ4n) is 1.36. The van der Waals surface area contributed by atoms with E-state index in [1.807, 2.05) is 0 Å². The summed E-state index contributed by atoms with van der Waals surface area (Å²) in [5.41, 5.74) is 6.28. The fraction of sp³-hybridized carbons (Fsp3) is 0. The van der Waals surface area contributed by atoms with Crippen LogP contribution in [0.3, 0.4) is 0 Å². The molecule has 3 N–H and O–H groups in total. The van der Waals surface area contributed by atoms with Crippen molar-refractivity contribution in [2.24, 2.45) is 0 Å². The summed E-state index contributed by atoms with van der Waals surface area (Å²) in [5, 5.41) is 3.33. The summed E-state index contributed by atoms with van der Waals surface area (Å²) in [5.74, 6) is 0.0185. The molecule has 2 rings (SSSR count). The molecule has 0 saturated heterocycles. The molecule has 0 saturated carbocycles. The van der Waals surface area contributed by atoms with Crippen LogP contribution >= 0.6 is 23.2 Å². The quantitative estimate of drug-likeness (QED) is 0.831. The van der Waals surface area contributed by atoms with Crippen LogP contribution in [0.4, 0.5) is 11.5 Å². The lowest BCUT2D eigenvalue weighted by Gasteiger charge is -2.07. The minimum Gasteiger partial charge on any atom is -0.398 e. The Labute approximate surface area is 114 Å². The summed E-state index contributed by atoms with van der Waals surface area (Å²) >= 11 is 11.7. The largest absolute Gasteiger partial charge is 0.398 e. The first-order valence-corrected chi connectivity index (χ1v) is 5.80.